The maximum atomic E-state index is 12.3. The first-order valence-electron chi connectivity index (χ1n) is 7.73. The van der Waals surface area contributed by atoms with Crippen LogP contribution < -0.4 is 4.74 Å². The predicted molar refractivity (Wildman–Crippen MR) is 82.6 cm³/mol. The van der Waals surface area contributed by atoms with Gasteiger partial charge in [-0.25, -0.2) is 4.79 Å². The average molecular weight is 346 g/mol. The number of halogens is 3. The Bertz CT molecular complexity index is 570. The van der Waals surface area contributed by atoms with Crippen LogP contribution in [0.25, 0.3) is 0 Å². The molecular formula is C16H21F3N2O3. The van der Waals surface area contributed by atoms with Gasteiger partial charge in [0.25, 0.3) is 0 Å². The second kappa shape index (κ2) is 7.85. The van der Waals surface area contributed by atoms with Gasteiger partial charge in [-0.2, -0.15) is 13.2 Å². The third kappa shape index (κ3) is 5.68. The lowest BCUT2D eigenvalue weighted by Crippen LogP contribution is -2.49. The van der Waals surface area contributed by atoms with E-state index >= 15 is 0 Å². The van der Waals surface area contributed by atoms with E-state index < -0.39 is 18.7 Å². The Balaban J connectivity index is 1.73. The van der Waals surface area contributed by atoms with E-state index in [9.17, 15) is 18.0 Å². The Morgan fingerprint density at radius 3 is 2.38 bits per heavy atom. The molecule has 1 aromatic carbocycles. The van der Waals surface area contributed by atoms with Crippen molar-refractivity contribution in [3.05, 3.63) is 29.3 Å². The van der Waals surface area contributed by atoms with E-state index in [2.05, 4.69) is 4.90 Å². The number of carboxylic acid groups (broad SMARTS) is 1. The van der Waals surface area contributed by atoms with Crippen molar-refractivity contribution >= 4 is 5.97 Å². The van der Waals surface area contributed by atoms with E-state index in [1.807, 2.05) is 0 Å². The third-order valence-electron chi connectivity index (χ3n) is 3.95. The Kier molecular flexibility index (Phi) is 6.06. The summed E-state index contributed by atoms with van der Waals surface area (Å²) in [6, 6.07) is 4.66. The van der Waals surface area contributed by atoms with Crippen molar-refractivity contribution in [2.75, 3.05) is 45.9 Å². The summed E-state index contributed by atoms with van der Waals surface area (Å²) in [5, 5.41) is 8.92. The van der Waals surface area contributed by atoms with Crippen LogP contribution in [-0.2, 0) is 0 Å². The largest absolute Gasteiger partial charge is 0.492 e. The van der Waals surface area contributed by atoms with Crippen LogP contribution in [0.15, 0.2) is 18.2 Å². The predicted octanol–water partition coefficient (Wildman–Crippen LogP) is 2.25. The summed E-state index contributed by atoms with van der Waals surface area (Å²) < 4.78 is 42.6. The number of rotatable bonds is 6. The molecule has 1 fully saturated rings. The first kappa shape index (κ1) is 18.5. The molecule has 1 N–H and O–H groups in total. The molecule has 0 radical (unpaired) electrons. The number of nitrogens with zero attached hydrogens (tertiary/aromatic N) is 2. The topological polar surface area (TPSA) is 53.0 Å². The summed E-state index contributed by atoms with van der Waals surface area (Å²) in [6.07, 6.45) is -4.15. The minimum atomic E-state index is -4.15. The van der Waals surface area contributed by atoms with Crippen molar-refractivity contribution in [3.8, 4) is 5.75 Å². The third-order valence-corrected chi connectivity index (χ3v) is 3.95. The molecule has 0 amide bonds. The summed E-state index contributed by atoms with van der Waals surface area (Å²) in [4.78, 5) is 14.3. The summed E-state index contributed by atoms with van der Waals surface area (Å²) in [6.45, 7) is 3.90. The minimum Gasteiger partial charge on any atom is -0.492 e. The number of hydrogen-bond donors (Lipinski definition) is 1. The first-order chi connectivity index (χ1) is 11.2. The van der Waals surface area contributed by atoms with E-state index in [0.717, 1.165) is 5.56 Å². The van der Waals surface area contributed by atoms with Crippen molar-refractivity contribution < 1.29 is 27.8 Å². The number of benzene rings is 1. The molecule has 1 heterocycles. The Hall–Kier alpha value is -1.80. The maximum Gasteiger partial charge on any atom is 0.401 e. The normalized spacial score (nSPS) is 17.0. The van der Waals surface area contributed by atoms with Crippen LogP contribution in [0.3, 0.4) is 0 Å². The molecule has 0 spiro atoms. The molecule has 5 nitrogen and oxygen atoms in total. The van der Waals surface area contributed by atoms with Gasteiger partial charge in [-0.3, -0.25) is 9.80 Å². The van der Waals surface area contributed by atoms with Crippen LogP contribution in [0.5, 0.6) is 5.75 Å². The molecule has 0 aromatic heterocycles. The van der Waals surface area contributed by atoms with E-state index in [-0.39, 0.29) is 5.56 Å². The summed E-state index contributed by atoms with van der Waals surface area (Å²) >= 11 is 0. The van der Waals surface area contributed by atoms with Crippen molar-refractivity contribution in [2.24, 2.45) is 0 Å². The molecule has 24 heavy (non-hydrogen) atoms. The minimum absolute atomic E-state index is 0.209. The molecule has 2 rings (SSSR count). The second-order valence-electron chi connectivity index (χ2n) is 5.87. The van der Waals surface area contributed by atoms with Crippen LogP contribution in [0, 0.1) is 6.92 Å². The van der Waals surface area contributed by atoms with Crippen molar-refractivity contribution in [2.45, 2.75) is 13.1 Å². The lowest BCUT2D eigenvalue weighted by Gasteiger charge is -2.34. The summed E-state index contributed by atoms with van der Waals surface area (Å²) in [7, 11) is 0. The van der Waals surface area contributed by atoms with Gasteiger partial charge in [0.15, 0.2) is 0 Å². The number of alkyl halides is 3. The number of carboxylic acids is 1. The highest BCUT2D eigenvalue weighted by Crippen LogP contribution is 2.20. The number of carbonyl (C=O) groups is 1. The van der Waals surface area contributed by atoms with Crippen LogP contribution >= 0.6 is 0 Å². The molecule has 1 aliphatic rings. The highest BCUT2D eigenvalue weighted by molar-refractivity contribution is 5.88. The van der Waals surface area contributed by atoms with Crippen molar-refractivity contribution in [1.82, 2.24) is 9.80 Å². The Morgan fingerprint density at radius 2 is 1.83 bits per heavy atom. The van der Waals surface area contributed by atoms with Crippen LogP contribution in [0.1, 0.15) is 15.9 Å². The van der Waals surface area contributed by atoms with Crippen LogP contribution in [0.4, 0.5) is 13.2 Å². The van der Waals surface area contributed by atoms with Gasteiger partial charge in [0.1, 0.15) is 12.4 Å². The molecule has 0 aliphatic carbocycles. The van der Waals surface area contributed by atoms with Gasteiger partial charge in [-0.1, -0.05) is 0 Å². The van der Waals surface area contributed by atoms with Gasteiger partial charge in [0, 0.05) is 32.7 Å². The molecule has 134 valence electrons. The Labute approximate surface area is 138 Å². The second-order valence-corrected chi connectivity index (χ2v) is 5.87. The highest BCUT2D eigenvalue weighted by Gasteiger charge is 2.32. The van der Waals surface area contributed by atoms with Gasteiger partial charge in [-0.05, 0) is 30.7 Å². The fourth-order valence-corrected chi connectivity index (χ4v) is 2.65. The van der Waals surface area contributed by atoms with Gasteiger partial charge >= 0.3 is 12.1 Å². The number of aromatic carboxylic acids is 1. The van der Waals surface area contributed by atoms with Gasteiger partial charge in [0.2, 0.25) is 0 Å². The molecular weight excluding hydrogens is 325 g/mol. The van der Waals surface area contributed by atoms with Crippen LogP contribution in [0.2, 0.25) is 0 Å². The lowest BCUT2D eigenvalue weighted by molar-refractivity contribution is -0.149. The van der Waals surface area contributed by atoms with Crippen molar-refractivity contribution in [3.63, 3.8) is 0 Å². The molecule has 0 saturated carbocycles. The van der Waals surface area contributed by atoms with E-state index in [1.165, 1.54) is 11.0 Å². The first-order valence-corrected chi connectivity index (χ1v) is 7.73. The number of piperazine rings is 1. The molecule has 1 aromatic rings. The quantitative estimate of drug-likeness (QED) is 0.856. The zero-order valence-electron chi connectivity index (χ0n) is 13.5. The van der Waals surface area contributed by atoms with Gasteiger partial charge < -0.3 is 9.84 Å². The molecule has 1 aliphatic heterocycles. The Morgan fingerprint density at radius 1 is 1.21 bits per heavy atom. The van der Waals surface area contributed by atoms with Gasteiger partial charge in [-0.15, -0.1) is 0 Å². The smallest absolute Gasteiger partial charge is 0.401 e. The molecule has 0 unspecified atom stereocenters. The van der Waals surface area contributed by atoms with E-state index in [1.54, 1.807) is 19.1 Å². The average Bonchev–Trinajstić information content (AvgIpc) is 2.49. The fraction of sp³-hybridized carbons (Fsp3) is 0.562. The van der Waals surface area contributed by atoms with Crippen molar-refractivity contribution in [1.29, 1.82) is 0 Å². The lowest BCUT2D eigenvalue weighted by atomic mass is 10.1. The van der Waals surface area contributed by atoms with Crippen LogP contribution in [-0.4, -0.2) is 72.9 Å². The zero-order valence-corrected chi connectivity index (χ0v) is 13.5. The standard InChI is InChI=1S/C16H21F3N2O3/c1-12-10-13(15(22)23)2-3-14(12)24-9-8-20-4-6-21(7-5-20)11-16(17,18)19/h2-3,10H,4-9,11H2,1H3,(H,22,23). The summed E-state index contributed by atoms with van der Waals surface area (Å²) in [5.41, 5.74) is 0.950. The summed E-state index contributed by atoms with van der Waals surface area (Å²) in [5.74, 6) is -0.364. The fourth-order valence-electron chi connectivity index (χ4n) is 2.65. The number of ether oxygens (including phenoxy) is 1. The molecule has 0 bridgehead atoms. The maximum absolute atomic E-state index is 12.3. The monoisotopic (exact) mass is 346 g/mol. The van der Waals surface area contributed by atoms with E-state index in [4.69, 9.17) is 9.84 Å². The molecule has 0 atom stereocenters. The molecule has 8 heteroatoms. The zero-order chi connectivity index (χ0) is 17.7. The highest BCUT2D eigenvalue weighted by atomic mass is 19.4. The molecule has 1 saturated heterocycles. The number of hydrogen-bond acceptors (Lipinski definition) is 4. The van der Waals surface area contributed by atoms with Gasteiger partial charge in [0.05, 0.1) is 12.1 Å². The SMILES string of the molecule is Cc1cc(C(=O)O)ccc1OCCN1CCN(CC(F)(F)F)CC1. The number of aryl methyl sites for hydroxylation is 1. The van der Waals surface area contributed by atoms with E-state index in [0.29, 0.717) is 45.1 Å².